The van der Waals surface area contributed by atoms with Crippen LogP contribution < -0.4 is 5.73 Å². The van der Waals surface area contributed by atoms with Crippen LogP contribution >= 0.6 is 0 Å². The molecule has 0 heterocycles. The van der Waals surface area contributed by atoms with Gasteiger partial charge in [-0.25, -0.2) is 0 Å². The molecular formula is C11H13NO2. The number of carboxylic acid groups (broad SMARTS) is 1. The van der Waals surface area contributed by atoms with Crippen LogP contribution in [0.3, 0.4) is 0 Å². The molecule has 0 aromatic heterocycles. The van der Waals surface area contributed by atoms with E-state index in [1.165, 1.54) is 0 Å². The highest BCUT2D eigenvalue weighted by Crippen LogP contribution is 2.12. The van der Waals surface area contributed by atoms with Gasteiger partial charge in [0.05, 0.1) is 0 Å². The van der Waals surface area contributed by atoms with E-state index in [2.05, 4.69) is 5.73 Å². The van der Waals surface area contributed by atoms with E-state index < -0.39 is 5.97 Å². The quantitative estimate of drug-likeness (QED) is 0.660. The zero-order valence-electron chi connectivity index (χ0n) is 7.86. The number of hydrogen-bond acceptors (Lipinski definition) is 2. The molecule has 0 aromatic carbocycles. The van der Waals surface area contributed by atoms with Crippen molar-refractivity contribution in [2.75, 3.05) is 6.54 Å². The lowest BCUT2D eigenvalue weighted by molar-refractivity contribution is -0.136. The fourth-order valence-corrected chi connectivity index (χ4v) is 1.16. The molecule has 1 aliphatic rings. The Morgan fingerprint density at radius 2 is 2.29 bits per heavy atom. The van der Waals surface area contributed by atoms with Crippen LogP contribution in [0.2, 0.25) is 0 Å². The van der Waals surface area contributed by atoms with Crippen LogP contribution in [0.25, 0.3) is 0 Å². The van der Waals surface area contributed by atoms with Crippen LogP contribution in [0.1, 0.15) is 12.8 Å². The molecule has 0 saturated heterocycles. The molecule has 0 spiro atoms. The molecule has 0 bridgehead atoms. The lowest BCUT2D eigenvalue weighted by atomic mass is 10.1. The summed E-state index contributed by atoms with van der Waals surface area (Å²) in [4.78, 5) is 10.4. The third kappa shape index (κ3) is 3.44. The lowest BCUT2D eigenvalue weighted by Gasteiger charge is -2.00. The number of allylic oxidation sites excluding steroid dienone is 3. The molecular weight excluding hydrogens is 178 g/mol. The van der Waals surface area contributed by atoms with Gasteiger partial charge in [-0.05, 0) is 29.7 Å². The van der Waals surface area contributed by atoms with Crippen LogP contribution in [0.4, 0.5) is 0 Å². The topological polar surface area (TPSA) is 63.3 Å². The number of hydrogen-bond donors (Lipinski definition) is 2. The Morgan fingerprint density at radius 1 is 1.50 bits per heavy atom. The van der Waals surface area contributed by atoms with Crippen LogP contribution in [0.15, 0.2) is 41.2 Å². The molecule has 0 radical (unpaired) electrons. The van der Waals surface area contributed by atoms with E-state index in [0.717, 1.165) is 11.1 Å². The van der Waals surface area contributed by atoms with Crippen molar-refractivity contribution in [2.45, 2.75) is 12.8 Å². The van der Waals surface area contributed by atoms with E-state index in [4.69, 9.17) is 10.8 Å². The van der Waals surface area contributed by atoms with Gasteiger partial charge in [-0.3, -0.25) is 4.79 Å². The average molecular weight is 191 g/mol. The summed E-state index contributed by atoms with van der Waals surface area (Å²) in [5, 5.41) is 8.53. The van der Waals surface area contributed by atoms with Gasteiger partial charge in [-0.15, -0.1) is 5.73 Å². The smallest absolute Gasteiger partial charge is 0.303 e. The summed E-state index contributed by atoms with van der Waals surface area (Å²) in [6.45, 7) is 0.450. The van der Waals surface area contributed by atoms with Gasteiger partial charge in [0, 0.05) is 13.0 Å². The van der Waals surface area contributed by atoms with Crippen LogP contribution in [-0.2, 0) is 4.79 Å². The molecule has 3 nitrogen and oxygen atoms in total. The molecule has 0 aromatic rings. The minimum atomic E-state index is -0.783. The molecule has 0 atom stereocenters. The standard InChI is InChI=1S/C11H13NO2/c12-8-10-4-2-1-3-9(7-10)5-6-11(13)14/h1,3-4,7H,5-6,8,12H2,(H,13,14). The average Bonchev–Trinajstić information content (AvgIpc) is 2.39. The summed E-state index contributed by atoms with van der Waals surface area (Å²) in [6, 6.07) is 0. The molecule has 3 N–H and O–H groups in total. The monoisotopic (exact) mass is 191 g/mol. The Balaban J connectivity index is 2.66. The highest BCUT2D eigenvalue weighted by molar-refractivity contribution is 5.67. The van der Waals surface area contributed by atoms with Gasteiger partial charge >= 0.3 is 5.97 Å². The van der Waals surface area contributed by atoms with Crippen molar-refractivity contribution in [3.63, 3.8) is 0 Å². The summed E-state index contributed by atoms with van der Waals surface area (Å²) in [6.07, 6.45) is 8.04. The number of aliphatic carboxylic acids is 1. The first-order chi connectivity index (χ1) is 6.72. The van der Waals surface area contributed by atoms with Gasteiger partial charge in [-0.1, -0.05) is 12.2 Å². The Labute approximate surface area is 82.9 Å². The Morgan fingerprint density at radius 3 is 2.93 bits per heavy atom. The normalized spacial score (nSPS) is 14.6. The molecule has 0 saturated carbocycles. The van der Waals surface area contributed by atoms with Crippen molar-refractivity contribution < 1.29 is 9.90 Å². The van der Waals surface area contributed by atoms with Gasteiger partial charge in [0.15, 0.2) is 0 Å². The van der Waals surface area contributed by atoms with Gasteiger partial charge in [0.25, 0.3) is 0 Å². The number of carboxylic acids is 1. The second-order valence-electron chi connectivity index (χ2n) is 3.04. The van der Waals surface area contributed by atoms with Crippen molar-refractivity contribution in [3.8, 4) is 0 Å². The largest absolute Gasteiger partial charge is 0.481 e. The van der Waals surface area contributed by atoms with Crippen molar-refractivity contribution in [3.05, 3.63) is 41.2 Å². The van der Waals surface area contributed by atoms with Gasteiger partial charge in [0.2, 0.25) is 0 Å². The highest BCUT2D eigenvalue weighted by Gasteiger charge is 2.01. The fraction of sp³-hybridized carbons (Fsp3) is 0.273. The highest BCUT2D eigenvalue weighted by atomic mass is 16.4. The zero-order valence-corrected chi connectivity index (χ0v) is 7.86. The maximum atomic E-state index is 10.4. The summed E-state index contributed by atoms with van der Waals surface area (Å²) in [5.41, 5.74) is 10.4. The van der Waals surface area contributed by atoms with Crippen LogP contribution in [-0.4, -0.2) is 17.6 Å². The first kappa shape index (κ1) is 10.5. The number of rotatable bonds is 4. The Kier molecular flexibility index (Phi) is 3.92. The van der Waals surface area contributed by atoms with Gasteiger partial charge in [0.1, 0.15) is 0 Å². The van der Waals surface area contributed by atoms with Crippen molar-refractivity contribution in [1.29, 1.82) is 0 Å². The van der Waals surface area contributed by atoms with Crippen molar-refractivity contribution in [1.82, 2.24) is 0 Å². The maximum Gasteiger partial charge on any atom is 0.303 e. The second kappa shape index (κ2) is 5.22. The summed E-state index contributed by atoms with van der Waals surface area (Å²) >= 11 is 0. The fourth-order valence-electron chi connectivity index (χ4n) is 1.16. The Bertz CT molecular complexity index is 344. The third-order valence-corrected chi connectivity index (χ3v) is 1.90. The van der Waals surface area contributed by atoms with E-state index in [-0.39, 0.29) is 6.42 Å². The zero-order chi connectivity index (χ0) is 10.4. The number of nitrogens with two attached hydrogens (primary N) is 1. The second-order valence-corrected chi connectivity index (χ2v) is 3.04. The predicted molar refractivity (Wildman–Crippen MR) is 54.7 cm³/mol. The predicted octanol–water partition coefficient (Wildman–Crippen LogP) is 1.39. The van der Waals surface area contributed by atoms with Gasteiger partial charge in [-0.2, -0.15) is 0 Å². The molecule has 1 rings (SSSR count). The molecule has 0 fully saturated rings. The summed E-state index contributed by atoms with van der Waals surface area (Å²) in [5.74, 6) is -0.783. The van der Waals surface area contributed by atoms with E-state index in [1.54, 1.807) is 6.08 Å². The molecule has 14 heavy (non-hydrogen) atoms. The first-order valence-electron chi connectivity index (χ1n) is 4.46. The first-order valence-corrected chi connectivity index (χ1v) is 4.46. The molecule has 74 valence electrons. The minimum Gasteiger partial charge on any atom is -0.481 e. The lowest BCUT2D eigenvalue weighted by Crippen LogP contribution is -2.01. The van der Waals surface area contributed by atoms with Crippen LogP contribution in [0.5, 0.6) is 0 Å². The van der Waals surface area contributed by atoms with E-state index in [0.29, 0.717) is 13.0 Å². The van der Waals surface area contributed by atoms with Crippen molar-refractivity contribution in [2.24, 2.45) is 5.73 Å². The van der Waals surface area contributed by atoms with E-state index in [9.17, 15) is 4.79 Å². The van der Waals surface area contributed by atoms with E-state index in [1.807, 2.05) is 18.2 Å². The molecule has 3 heteroatoms. The minimum absolute atomic E-state index is 0.147. The molecule has 1 aliphatic carbocycles. The van der Waals surface area contributed by atoms with E-state index >= 15 is 0 Å². The number of carbonyl (C=O) groups is 1. The summed E-state index contributed by atoms with van der Waals surface area (Å²) < 4.78 is 0. The summed E-state index contributed by atoms with van der Waals surface area (Å²) in [7, 11) is 0. The third-order valence-electron chi connectivity index (χ3n) is 1.90. The van der Waals surface area contributed by atoms with Crippen molar-refractivity contribution >= 4 is 5.97 Å². The molecule has 0 amide bonds. The van der Waals surface area contributed by atoms with Crippen LogP contribution in [0, 0.1) is 0 Å². The SMILES string of the molecule is NCC1=CC(CCC(=O)O)=CC=C=C1. The van der Waals surface area contributed by atoms with Gasteiger partial charge < -0.3 is 10.8 Å². The molecule has 0 unspecified atom stereocenters. The Hall–Kier alpha value is -1.57. The molecule has 0 aliphatic heterocycles. The maximum absolute atomic E-state index is 10.4.